The summed E-state index contributed by atoms with van der Waals surface area (Å²) in [7, 11) is 0. The predicted octanol–water partition coefficient (Wildman–Crippen LogP) is 2.10. The van der Waals surface area contributed by atoms with Crippen LogP contribution in [0.1, 0.15) is 40.5 Å². The lowest BCUT2D eigenvalue weighted by atomic mass is 10.1. The fourth-order valence-electron chi connectivity index (χ4n) is 0.412. The van der Waals surface area contributed by atoms with E-state index in [0.29, 0.717) is 12.3 Å². The molecule has 0 saturated carbocycles. The van der Waals surface area contributed by atoms with Crippen LogP contribution in [0.4, 0.5) is 0 Å². The standard InChI is InChI=1S/C6H12O2.C3H6O/c1-5(2)3-4-6(7)8;1-3(2)4/h5H,3-4H2,1-2H3,(H,7,8);1-2H3. The minimum atomic E-state index is -0.696. The Morgan fingerprint density at radius 1 is 1.25 bits per heavy atom. The van der Waals surface area contributed by atoms with Gasteiger partial charge in [0.2, 0.25) is 0 Å². The quantitative estimate of drug-likeness (QED) is 0.712. The summed E-state index contributed by atoms with van der Waals surface area (Å²) in [4.78, 5) is 19.3. The van der Waals surface area contributed by atoms with E-state index in [0.717, 1.165) is 6.42 Å². The first-order chi connectivity index (χ1) is 5.36. The number of hydrogen-bond donors (Lipinski definition) is 1. The Morgan fingerprint density at radius 2 is 1.58 bits per heavy atom. The van der Waals surface area contributed by atoms with E-state index >= 15 is 0 Å². The number of Topliss-reactive ketones (excluding diaryl/α,β-unsaturated/α-hetero) is 1. The summed E-state index contributed by atoms with van der Waals surface area (Å²) < 4.78 is 0. The number of aliphatic carboxylic acids is 1. The first kappa shape index (κ1) is 13.7. The van der Waals surface area contributed by atoms with E-state index < -0.39 is 5.97 Å². The number of carboxylic acid groups (broad SMARTS) is 1. The van der Waals surface area contributed by atoms with E-state index in [1.54, 1.807) is 0 Å². The van der Waals surface area contributed by atoms with Crippen molar-refractivity contribution in [1.29, 1.82) is 0 Å². The molecule has 0 spiro atoms. The monoisotopic (exact) mass is 174 g/mol. The van der Waals surface area contributed by atoms with Gasteiger partial charge in [-0.05, 0) is 26.2 Å². The summed E-state index contributed by atoms with van der Waals surface area (Å²) in [6.45, 7) is 7.09. The van der Waals surface area contributed by atoms with Crippen molar-refractivity contribution >= 4 is 11.8 Å². The molecule has 0 atom stereocenters. The highest BCUT2D eigenvalue weighted by molar-refractivity contribution is 5.72. The van der Waals surface area contributed by atoms with Crippen LogP contribution in [0.2, 0.25) is 0 Å². The van der Waals surface area contributed by atoms with E-state index in [4.69, 9.17) is 5.11 Å². The van der Waals surface area contributed by atoms with Gasteiger partial charge in [-0.1, -0.05) is 13.8 Å². The molecule has 0 amide bonds. The summed E-state index contributed by atoms with van der Waals surface area (Å²) in [6.07, 6.45) is 1.09. The van der Waals surface area contributed by atoms with Gasteiger partial charge < -0.3 is 9.90 Å². The average Bonchev–Trinajstić information content (AvgIpc) is 1.82. The molecule has 0 aliphatic heterocycles. The first-order valence-electron chi connectivity index (χ1n) is 4.05. The topological polar surface area (TPSA) is 54.4 Å². The molecule has 0 radical (unpaired) electrons. The van der Waals surface area contributed by atoms with Crippen LogP contribution in [0.3, 0.4) is 0 Å². The van der Waals surface area contributed by atoms with Gasteiger partial charge in [-0.3, -0.25) is 4.79 Å². The Labute approximate surface area is 73.8 Å². The van der Waals surface area contributed by atoms with Crippen molar-refractivity contribution < 1.29 is 14.7 Å². The zero-order chi connectivity index (χ0) is 10.1. The highest BCUT2D eigenvalue weighted by Crippen LogP contribution is 2.01. The van der Waals surface area contributed by atoms with Crippen molar-refractivity contribution in [3.8, 4) is 0 Å². The van der Waals surface area contributed by atoms with Gasteiger partial charge in [0.15, 0.2) is 0 Å². The molecule has 3 nitrogen and oxygen atoms in total. The first-order valence-corrected chi connectivity index (χ1v) is 4.05. The van der Waals surface area contributed by atoms with Crippen molar-refractivity contribution in [2.45, 2.75) is 40.5 Å². The summed E-state index contributed by atoms with van der Waals surface area (Å²) >= 11 is 0. The zero-order valence-electron chi connectivity index (χ0n) is 8.26. The lowest BCUT2D eigenvalue weighted by Crippen LogP contribution is -1.97. The molecular formula is C9H18O3. The van der Waals surface area contributed by atoms with E-state index in [1.807, 2.05) is 13.8 Å². The number of carboxylic acids is 1. The lowest BCUT2D eigenvalue weighted by Gasteiger charge is -1.97. The third kappa shape index (κ3) is 35.3. The largest absolute Gasteiger partial charge is 0.481 e. The van der Waals surface area contributed by atoms with Gasteiger partial charge in [0.1, 0.15) is 5.78 Å². The molecule has 0 aromatic heterocycles. The van der Waals surface area contributed by atoms with Crippen molar-refractivity contribution in [1.82, 2.24) is 0 Å². The van der Waals surface area contributed by atoms with Gasteiger partial charge in [0.25, 0.3) is 0 Å². The highest BCUT2D eigenvalue weighted by Gasteiger charge is 1.97. The van der Waals surface area contributed by atoms with Gasteiger partial charge >= 0.3 is 5.97 Å². The van der Waals surface area contributed by atoms with Crippen molar-refractivity contribution in [2.75, 3.05) is 0 Å². The molecule has 0 aromatic carbocycles. The molecule has 12 heavy (non-hydrogen) atoms. The number of hydrogen-bond acceptors (Lipinski definition) is 2. The van der Waals surface area contributed by atoms with Crippen LogP contribution < -0.4 is 0 Å². The summed E-state index contributed by atoms with van der Waals surface area (Å²) in [5, 5.41) is 8.16. The second-order valence-corrected chi connectivity index (χ2v) is 3.23. The maximum Gasteiger partial charge on any atom is 0.303 e. The molecule has 0 bridgehead atoms. The molecule has 0 heterocycles. The van der Waals surface area contributed by atoms with E-state index in [2.05, 4.69) is 0 Å². The van der Waals surface area contributed by atoms with Gasteiger partial charge in [-0.15, -0.1) is 0 Å². The molecule has 0 aliphatic carbocycles. The third-order valence-corrected chi connectivity index (χ3v) is 0.936. The highest BCUT2D eigenvalue weighted by atomic mass is 16.4. The van der Waals surface area contributed by atoms with Crippen LogP contribution in [-0.4, -0.2) is 16.9 Å². The Hall–Kier alpha value is -0.860. The second-order valence-electron chi connectivity index (χ2n) is 3.23. The molecular weight excluding hydrogens is 156 g/mol. The fraction of sp³-hybridized carbons (Fsp3) is 0.778. The van der Waals surface area contributed by atoms with Crippen molar-refractivity contribution in [3.05, 3.63) is 0 Å². The fourth-order valence-corrected chi connectivity index (χ4v) is 0.412. The third-order valence-electron chi connectivity index (χ3n) is 0.936. The zero-order valence-corrected chi connectivity index (χ0v) is 8.26. The molecule has 0 fully saturated rings. The smallest absolute Gasteiger partial charge is 0.303 e. The van der Waals surface area contributed by atoms with Crippen molar-refractivity contribution in [3.63, 3.8) is 0 Å². The molecule has 3 heteroatoms. The van der Waals surface area contributed by atoms with Gasteiger partial charge in [0, 0.05) is 6.42 Å². The maximum absolute atomic E-state index is 9.90. The van der Waals surface area contributed by atoms with Gasteiger partial charge in [-0.25, -0.2) is 0 Å². The van der Waals surface area contributed by atoms with Crippen LogP contribution in [0.15, 0.2) is 0 Å². The molecule has 0 rings (SSSR count). The Morgan fingerprint density at radius 3 is 1.67 bits per heavy atom. The lowest BCUT2D eigenvalue weighted by molar-refractivity contribution is -0.137. The van der Waals surface area contributed by atoms with Crippen LogP contribution in [0.25, 0.3) is 0 Å². The number of ketones is 1. The van der Waals surface area contributed by atoms with E-state index in [-0.39, 0.29) is 5.78 Å². The van der Waals surface area contributed by atoms with Crippen LogP contribution in [0.5, 0.6) is 0 Å². The normalized spacial score (nSPS) is 8.75. The van der Waals surface area contributed by atoms with Crippen LogP contribution in [-0.2, 0) is 9.59 Å². The second kappa shape index (κ2) is 8.24. The number of rotatable bonds is 3. The molecule has 1 N–H and O–H groups in total. The maximum atomic E-state index is 9.90. The summed E-state index contributed by atoms with van der Waals surface area (Å²) in [5.41, 5.74) is 0. The van der Waals surface area contributed by atoms with Gasteiger partial charge in [-0.2, -0.15) is 0 Å². The average molecular weight is 174 g/mol. The molecule has 0 unspecified atom stereocenters. The SMILES string of the molecule is CC(C)=O.CC(C)CCC(=O)O. The molecule has 0 saturated heterocycles. The number of carbonyl (C=O) groups is 2. The van der Waals surface area contributed by atoms with Crippen molar-refractivity contribution in [2.24, 2.45) is 5.92 Å². The van der Waals surface area contributed by atoms with E-state index in [1.165, 1.54) is 13.8 Å². The van der Waals surface area contributed by atoms with Crippen LogP contribution >= 0.6 is 0 Å². The summed E-state index contributed by atoms with van der Waals surface area (Å²) in [5.74, 6) is -0.0233. The minimum absolute atomic E-state index is 0.167. The van der Waals surface area contributed by atoms with E-state index in [9.17, 15) is 9.59 Å². The summed E-state index contributed by atoms with van der Waals surface area (Å²) in [6, 6.07) is 0. The molecule has 0 aromatic rings. The molecule has 72 valence electrons. The molecule has 0 aliphatic rings. The predicted molar refractivity (Wildman–Crippen MR) is 48.1 cm³/mol. The Kier molecular flexibility index (Phi) is 9.41. The number of carbonyl (C=O) groups excluding carboxylic acids is 1. The Bertz CT molecular complexity index is 135. The minimum Gasteiger partial charge on any atom is -0.481 e. The van der Waals surface area contributed by atoms with Gasteiger partial charge in [0.05, 0.1) is 0 Å². The van der Waals surface area contributed by atoms with Crippen LogP contribution in [0, 0.1) is 5.92 Å². The Balaban J connectivity index is 0.